The van der Waals surface area contributed by atoms with E-state index in [0.717, 1.165) is 12.8 Å². The zero-order chi connectivity index (χ0) is 7.68. The van der Waals surface area contributed by atoms with Gasteiger partial charge in [0.05, 0.1) is 0 Å². The Morgan fingerprint density at radius 3 is 3.27 bits per heavy atom. The molecule has 2 rings (SSSR count). The average molecular weight is 166 g/mol. The molecule has 56 valence electrons. The number of nitrogens with zero attached hydrogens (tertiary/aromatic N) is 1. The molecule has 1 aromatic heterocycles. The van der Waals surface area contributed by atoms with Gasteiger partial charge in [0.25, 0.3) is 0 Å². The van der Waals surface area contributed by atoms with Gasteiger partial charge in [-0.3, -0.25) is 0 Å². The highest BCUT2D eigenvalue weighted by atomic mass is 35.5. The number of fused-ring (bicyclic) bond motifs is 1. The smallest absolute Gasteiger partial charge is 0.129 e. The number of aromatic nitrogens is 1. The van der Waals surface area contributed by atoms with E-state index in [0.29, 0.717) is 5.15 Å². The fourth-order valence-corrected chi connectivity index (χ4v) is 1.47. The Balaban J connectivity index is 2.53. The minimum Gasteiger partial charge on any atom is -0.244 e. The fraction of sp³-hybridized carbons (Fsp3) is 0.222. The molecule has 1 aromatic rings. The number of allylic oxidation sites excluding steroid dienone is 1. The third-order valence-electron chi connectivity index (χ3n) is 1.87. The highest BCUT2D eigenvalue weighted by molar-refractivity contribution is 6.29. The molecule has 0 unspecified atom stereocenters. The van der Waals surface area contributed by atoms with Crippen LogP contribution >= 0.6 is 11.6 Å². The van der Waals surface area contributed by atoms with Crippen molar-refractivity contribution in [3.8, 4) is 0 Å². The van der Waals surface area contributed by atoms with Crippen molar-refractivity contribution >= 4 is 17.7 Å². The van der Waals surface area contributed by atoms with Gasteiger partial charge in [-0.1, -0.05) is 23.8 Å². The van der Waals surface area contributed by atoms with Crippen LogP contribution in [-0.4, -0.2) is 4.98 Å². The lowest BCUT2D eigenvalue weighted by Gasteiger charge is -2.08. The van der Waals surface area contributed by atoms with Gasteiger partial charge in [-0.05, 0) is 30.0 Å². The molecule has 1 heterocycles. The van der Waals surface area contributed by atoms with Crippen LogP contribution in [0.2, 0.25) is 5.15 Å². The number of rotatable bonds is 0. The number of pyridine rings is 1. The van der Waals surface area contributed by atoms with Gasteiger partial charge in [-0.15, -0.1) is 0 Å². The summed E-state index contributed by atoms with van der Waals surface area (Å²) in [7, 11) is 0. The molecule has 0 spiro atoms. The van der Waals surface area contributed by atoms with Crippen LogP contribution in [0.4, 0.5) is 0 Å². The van der Waals surface area contributed by atoms with E-state index in [1.807, 2.05) is 12.3 Å². The summed E-state index contributed by atoms with van der Waals surface area (Å²) in [5.74, 6) is 0. The van der Waals surface area contributed by atoms with Crippen molar-refractivity contribution in [1.82, 2.24) is 4.98 Å². The zero-order valence-electron chi connectivity index (χ0n) is 6.05. The Morgan fingerprint density at radius 2 is 2.36 bits per heavy atom. The summed E-state index contributed by atoms with van der Waals surface area (Å²) in [5.41, 5.74) is 2.52. The largest absolute Gasteiger partial charge is 0.244 e. The van der Waals surface area contributed by atoms with Gasteiger partial charge in [-0.25, -0.2) is 4.98 Å². The van der Waals surface area contributed by atoms with E-state index >= 15 is 0 Å². The lowest BCUT2D eigenvalue weighted by molar-refractivity contribution is 0.977. The van der Waals surface area contributed by atoms with Crippen molar-refractivity contribution in [1.29, 1.82) is 0 Å². The van der Waals surface area contributed by atoms with Crippen LogP contribution in [0.5, 0.6) is 0 Å². The van der Waals surface area contributed by atoms with Crippen LogP contribution in [0.3, 0.4) is 0 Å². The predicted octanol–water partition coefficient (Wildman–Crippen LogP) is 2.69. The monoisotopic (exact) mass is 165 g/mol. The summed E-state index contributed by atoms with van der Waals surface area (Å²) in [5, 5.41) is 0.596. The molecular formula is C9H8ClN. The summed E-state index contributed by atoms with van der Waals surface area (Å²) < 4.78 is 0. The average Bonchev–Trinajstić information content (AvgIpc) is 2.04. The molecule has 0 radical (unpaired) electrons. The standard InChI is InChI=1S/C9H8ClN/c10-9-5-7-3-1-2-4-8(7)6-11-9/h2,4-6H,1,3H2. The molecule has 1 nitrogen and oxygen atoms in total. The minimum atomic E-state index is 0.596. The summed E-state index contributed by atoms with van der Waals surface area (Å²) >= 11 is 5.74. The molecular weight excluding hydrogens is 158 g/mol. The third-order valence-corrected chi connectivity index (χ3v) is 2.08. The fourth-order valence-electron chi connectivity index (χ4n) is 1.29. The second kappa shape index (κ2) is 2.67. The van der Waals surface area contributed by atoms with Crippen molar-refractivity contribution in [2.24, 2.45) is 0 Å². The van der Waals surface area contributed by atoms with E-state index in [-0.39, 0.29) is 0 Å². The number of aryl methyl sites for hydroxylation is 1. The number of hydrogen-bond donors (Lipinski definition) is 0. The maximum absolute atomic E-state index is 5.74. The molecule has 0 aromatic carbocycles. The molecule has 0 atom stereocenters. The Kier molecular flexibility index (Phi) is 1.66. The Morgan fingerprint density at radius 1 is 1.45 bits per heavy atom. The van der Waals surface area contributed by atoms with E-state index in [2.05, 4.69) is 17.1 Å². The molecule has 0 aliphatic heterocycles. The predicted molar refractivity (Wildman–Crippen MR) is 46.6 cm³/mol. The van der Waals surface area contributed by atoms with E-state index < -0.39 is 0 Å². The first-order valence-electron chi connectivity index (χ1n) is 3.67. The second-order valence-corrected chi connectivity index (χ2v) is 3.03. The highest BCUT2D eigenvalue weighted by Crippen LogP contribution is 2.20. The molecule has 1 aliphatic carbocycles. The van der Waals surface area contributed by atoms with E-state index in [1.54, 1.807) is 0 Å². The summed E-state index contributed by atoms with van der Waals surface area (Å²) in [6.45, 7) is 0. The molecule has 1 aliphatic rings. The lowest BCUT2D eigenvalue weighted by atomic mass is 10.0. The topological polar surface area (TPSA) is 12.9 Å². The quantitative estimate of drug-likeness (QED) is 0.539. The first-order valence-corrected chi connectivity index (χ1v) is 4.05. The first-order chi connectivity index (χ1) is 5.36. The summed E-state index contributed by atoms with van der Waals surface area (Å²) in [6, 6.07) is 1.94. The Labute approximate surface area is 70.7 Å². The van der Waals surface area contributed by atoms with Gasteiger partial charge in [0.2, 0.25) is 0 Å². The van der Waals surface area contributed by atoms with Crippen LogP contribution in [0.25, 0.3) is 6.08 Å². The molecule has 0 fully saturated rings. The van der Waals surface area contributed by atoms with Gasteiger partial charge < -0.3 is 0 Å². The zero-order valence-corrected chi connectivity index (χ0v) is 6.80. The van der Waals surface area contributed by atoms with Gasteiger partial charge in [0.1, 0.15) is 5.15 Å². The van der Waals surface area contributed by atoms with Crippen molar-refractivity contribution in [3.63, 3.8) is 0 Å². The van der Waals surface area contributed by atoms with Gasteiger partial charge in [0, 0.05) is 6.20 Å². The minimum absolute atomic E-state index is 0.596. The van der Waals surface area contributed by atoms with Crippen LogP contribution < -0.4 is 0 Å². The molecule has 0 saturated carbocycles. The second-order valence-electron chi connectivity index (χ2n) is 2.65. The van der Waals surface area contributed by atoms with E-state index in [4.69, 9.17) is 11.6 Å². The van der Waals surface area contributed by atoms with Crippen molar-refractivity contribution in [3.05, 3.63) is 34.6 Å². The first kappa shape index (κ1) is 6.86. The normalized spacial score (nSPS) is 14.6. The number of hydrogen-bond acceptors (Lipinski definition) is 1. The maximum atomic E-state index is 5.74. The van der Waals surface area contributed by atoms with Crippen LogP contribution in [-0.2, 0) is 6.42 Å². The lowest BCUT2D eigenvalue weighted by Crippen LogP contribution is -1.94. The molecule has 11 heavy (non-hydrogen) atoms. The van der Waals surface area contributed by atoms with Crippen LogP contribution in [0.15, 0.2) is 18.3 Å². The van der Waals surface area contributed by atoms with Gasteiger partial charge in [-0.2, -0.15) is 0 Å². The Hall–Kier alpha value is -0.820. The molecule has 0 amide bonds. The SMILES string of the molecule is Clc1cc2c(cn1)C=CCC2. The van der Waals surface area contributed by atoms with Crippen LogP contribution in [0.1, 0.15) is 17.5 Å². The maximum Gasteiger partial charge on any atom is 0.129 e. The Bertz CT molecular complexity index is 304. The van der Waals surface area contributed by atoms with Crippen molar-refractivity contribution < 1.29 is 0 Å². The molecule has 0 saturated heterocycles. The van der Waals surface area contributed by atoms with Crippen LogP contribution in [0, 0.1) is 0 Å². The third kappa shape index (κ3) is 1.29. The number of halogens is 1. The van der Waals surface area contributed by atoms with Crippen molar-refractivity contribution in [2.75, 3.05) is 0 Å². The van der Waals surface area contributed by atoms with Gasteiger partial charge >= 0.3 is 0 Å². The van der Waals surface area contributed by atoms with Crippen molar-refractivity contribution in [2.45, 2.75) is 12.8 Å². The highest BCUT2D eigenvalue weighted by Gasteiger charge is 2.04. The summed E-state index contributed by atoms with van der Waals surface area (Å²) in [4.78, 5) is 4.01. The van der Waals surface area contributed by atoms with E-state index in [9.17, 15) is 0 Å². The van der Waals surface area contributed by atoms with Gasteiger partial charge in [0.15, 0.2) is 0 Å². The molecule has 0 N–H and O–H groups in total. The molecule has 2 heteroatoms. The molecule has 0 bridgehead atoms. The van der Waals surface area contributed by atoms with E-state index in [1.165, 1.54) is 11.1 Å². The summed E-state index contributed by atoms with van der Waals surface area (Å²) in [6.07, 6.45) is 8.30.